The molecule has 0 saturated heterocycles. The number of methoxy groups -OCH3 is 2. The predicted octanol–water partition coefficient (Wildman–Crippen LogP) is 4.01. The number of hydrogen-bond acceptors (Lipinski definition) is 3. The normalized spacial score (nSPS) is 11.2. The molecule has 4 rings (SSSR count). The second-order valence-electron chi connectivity index (χ2n) is 6.42. The van der Waals surface area contributed by atoms with Gasteiger partial charge in [0.25, 0.3) is 5.56 Å². The van der Waals surface area contributed by atoms with Crippen LogP contribution in [0.5, 0.6) is 11.5 Å². The van der Waals surface area contributed by atoms with E-state index < -0.39 is 0 Å². The van der Waals surface area contributed by atoms with Crippen molar-refractivity contribution >= 4 is 21.9 Å². The van der Waals surface area contributed by atoms with Gasteiger partial charge in [-0.3, -0.25) is 9.36 Å². The molecular weight excluding hydrogens is 328 g/mol. The van der Waals surface area contributed by atoms with E-state index in [9.17, 15) is 4.79 Å². The summed E-state index contributed by atoms with van der Waals surface area (Å²) < 4.78 is 12.4. The molecule has 2 heterocycles. The Morgan fingerprint density at radius 3 is 2.46 bits per heavy atom. The van der Waals surface area contributed by atoms with Crippen LogP contribution in [0.2, 0.25) is 0 Å². The number of aryl methyl sites for hydroxylation is 2. The monoisotopic (exact) mass is 348 g/mol. The SMILES string of the molecule is COc1ccc(-c2cc3c4cc(C)ccc4[nH]c3n(C)c2=O)c(OC)c1. The first-order valence-electron chi connectivity index (χ1n) is 8.38. The highest BCUT2D eigenvalue weighted by atomic mass is 16.5. The number of rotatable bonds is 3. The van der Waals surface area contributed by atoms with Crippen LogP contribution in [0.1, 0.15) is 5.56 Å². The van der Waals surface area contributed by atoms with Gasteiger partial charge in [-0.05, 0) is 37.3 Å². The summed E-state index contributed by atoms with van der Waals surface area (Å²) in [7, 11) is 4.98. The first-order chi connectivity index (χ1) is 12.5. The van der Waals surface area contributed by atoms with Gasteiger partial charge in [-0.2, -0.15) is 0 Å². The van der Waals surface area contributed by atoms with Gasteiger partial charge in [0.2, 0.25) is 0 Å². The number of hydrogen-bond donors (Lipinski definition) is 1. The van der Waals surface area contributed by atoms with Crippen molar-refractivity contribution in [3.63, 3.8) is 0 Å². The first kappa shape index (κ1) is 16.3. The minimum atomic E-state index is -0.0794. The summed E-state index contributed by atoms with van der Waals surface area (Å²) in [4.78, 5) is 16.4. The summed E-state index contributed by atoms with van der Waals surface area (Å²) in [6.07, 6.45) is 0. The number of benzene rings is 2. The van der Waals surface area contributed by atoms with Crippen molar-refractivity contribution in [1.82, 2.24) is 9.55 Å². The number of H-pyrrole nitrogens is 1. The molecule has 0 fully saturated rings. The molecule has 5 heteroatoms. The number of aromatic nitrogens is 2. The van der Waals surface area contributed by atoms with Gasteiger partial charge in [-0.15, -0.1) is 0 Å². The molecule has 0 aliphatic rings. The number of nitrogens with one attached hydrogen (secondary N) is 1. The molecule has 26 heavy (non-hydrogen) atoms. The Hall–Kier alpha value is -3.21. The second-order valence-corrected chi connectivity index (χ2v) is 6.42. The van der Waals surface area contributed by atoms with E-state index in [0.29, 0.717) is 17.1 Å². The zero-order valence-corrected chi connectivity index (χ0v) is 15.2. The molecule has 5 nitrogen and oxygen atoms in total. The molecule has 2 aromatic heterocycles. The fourth-order valence-electron chi connectivity index (χ4n) is 3.43. The zero-order valence-electron chi connectivity index (χ0n) is 15.2. The Morgan fingerprint density at radius 1 is 0.923 bits per heavy atom. The van der Waals surface area contributed by atoms with Crippen molar-refractivity contribution in [2.75, 3.05) is 14.2 Å². The van der Waals surface area contributed by atoms with Gasteiger partial charge >= 0.3 is 0 Å². The summed E-state index contributed by atoms with van der Waals surface area (Å²) in [5, 5.41) is 2.11. The van der Waals surface area contributed by atoms with Crippen LogP contribution in [0.15, 0.2) is 47.3 Å². The standard InChI is InChI=1S/C21H20N2O3/c1-12-5-8-18-15(9-12)16-11-17(21(24)23(2)20(16)22-18)14-7-6-13(25-3)10-19(14)26-4/h5-11,22H,1-4H3. The van der Waals surface area contributed by atoms with Crippen LogP contribution in [-0.2, 0) is 7.05 Å². The van der Waals surface area contributed by atoms with Crippen molar-refractivity contribution in [2.24, 2.45) is 7.05 Å². The maximum atomic E-state index is 13.0. The van der Waals surface area contributed by atoms with Gasteiger partial charge in [0, 0.05) is 35.0 Å². The van der Waals surface area contributed by atoms with Gasteiger partial charge < -0.3 is 14.5 Å². The van der Waals surface area contributed by atoms with Crippen LogP contribution in [-0.4, -0.2) is 23.8 Å². The number of aromatic amines is 1. The lowest BCUT2D eigenvalue weighted by Crippen LogP contribution is -2.19. The number of ether oxygens (including phenoxy) is 2. The molecule has 0 saturated carbocycles. The number of pyridine rings is 1. The highest BCUT2D eigenvalue weighted by Crippen LogP contribution is 2.34. The molecule has 0 spiro atoms. The fourth-order valence-corrected chi connectivity index (χ4v) is 3.43. The van der Waals surface area contributed by atoms with E-state index in [-0.39, 0.29) is 5.56 Å². The molecule has 0 bridgehead atoms. The summed E-state index contributed by atoms with van der Waals surface area (Å²) >= 11 is 0. The number of fused-ring (bicyclic) bond motifs is 3. The molecule has 2 aromatic carbocycles. The predicted molar refractivity (Wildman–Crippen MR) is 104 cm³/mol. The average Bonchev–Trinajstić information content (AvgIpc) is 3.02. The Morgan fingerprint density at radius 2 is 1.73 bits per heavy atom. The molecule has 0 amide bonds. The van der Waals surface area contributed by atoms with Crippen molar-refractivity contribution in [3.05, 3.63) is 58.4 Å². The lowest BCUT2D eigenvalue weighted by Gasteiger charge is -2.12. The minimum absolute atomic E-state index is 0.0794. The molecule has 0 aliphatic heterocycles. The Kier molecular flexibility index (Phi) is 3.72. The summed E-state index contributed by atoms with van der Waals surface area (Å²) in [5.41, 5.74) is 4.27. The van der Waals surface area contributed by atoms with Crippen LogP contribution >= 0.6 is 0 Å². The van der Waals surface area contributed by atoms with Gasteiger partial charge in [0.05, 0.1) is 19.8 Å². The first-order valence-corrected chi connectivity index (χ1v) is 8.38. The van der Waals surface area contributed by atoms with Gasteiger partial charge in [-0.25, -0.2) is 0 Å². The Labute approximate surface area is 150 Å². The lowest BCUT2D eigenvalue weighted by molar-refractivity contribution is 0.395. The number of nitrogens with zero attached hydrogens (tertiary/aromatic N) is 1. The Bertz CT molecular complexity index is 1200. The van der Waals surface area contributed by atoms with Crippen LogP contribution in [0.3, 0.4) is 0 Å². The summed E-state index contributed by atoms with van der Waals surface area (Å²) in [6, 6.07) is 13.7. The van der Waals surface area contributed by atoms with Gasteiger partial charge in [0.1, 0.15) is 17.1 Å². The van der Waals surface area contributed by atoms with Gasteiger partial charge in [-0.1, -0.05) is 11.6 Å². The highest BCUT2D eigenvalue weighted by Gasteiger charge is 2.16. The lowest BCUT2D eigenvalue weighted by atomic mass is 10.0. The van der Waals surface area contributed by atoms with Crippen molar-refractivity contribution in [3.8, 4) is 22.6 Å². The summed E-state index contributed by atoms with van der Waals surface area (Å²) in [5.74, 6) is 1.29. The van der Waals surface area contributed by atoms with E-state index in [2.05, 4.69) is 24.0 Å². The zero-order chi connectivity index (χ0) is 18.4. The minimum Gasteiger partial charge on any atom is -0.497 e. The molecule has 0 aliphatic carbocycles. The third-order valence-electron chi connectivity index (χ3n) is 4.83. The van der Waals surface area contributed by atoms with Crippen molar-refractivity contribution in [1.29, 1.82) is 0 Å². The molecule has 132 valence electrons. The van der Waals surface area contributed by atoms with E-state index >= 15 is 0 Å². The van der Waals surface area contributed by atoms with Crippen LogP contribution < -0.4 is 15.0 Å². The average molecular weight is 348 g/mol. The van der Waals surface area contributed by atoms with E-state index in [1.807, 2.05) is 24.3 Å². The third-order valence-corrected chi connectivity index (χ3v) is 4.83. The van der Waals surface area contributed by atoms with E-state index in [1.165, 1.54) is 5.56 Å². The fraction of sp³-hybridized carbons (Fsp3) is 0.190. The molecule has 0 radical (unpaired) electrons. The smallest absolute Gasteiger partial charge is 0.259 e. The molecule has 0 unspecified atom stereocenters. The van der Waals surface area contributed by atoms with Crippen LogP contribution in [0, 0.1) is 6.92 Å². The largest absolute Gasteiger partial charge is 0.497 e. The van der Waals surface area contributed by atoms with E-state index in [1.54, 1.807) is 31.9 Å². The molecule has 4 aromatic rings. The third kappa shape index (κ3) is 2.36. The Balaban J connectivity index is 2.08. The summed E-state index contributed by atoms with van der Waals surface area (Å²) in [6.45, 7) is 2.06. The highest BCUT2D eigenvalue weighted by molar-refractivity contribution is 6.07. The van der Waals surface area contributed by atoms with E-state index in [0.717, 1.165) is 27.5 Å². The van der Waals surface area contributed by atoms with Crippen molar-refractivity contribution in [2.45, 2.75) is 6.92 Å². The maximum Gasteiger partial charge on any atom is 0.259 e. The second kappa shape index (κ2) is 5.95. The topological polar surface area (TPSA) is 56.2 Å². The van der Waals surface area contributed by atoms with Crippen LogP contribution in [0.4, 0.5) is 0 Å². The maximum absolute atomic E-state index is 13.0. The molecule has 0 atom stereocenters. The molecular formula is C21H20N2O3. The van der Waals surface area contributed by atoms with Crippen molar-refractivity contribution < 1.29 is 9.47 Å². The quantitative estimate of drug-likeness (QED) is 0.608. The molecule has 1 N–H and O–H groups in total. The van der Waals surface area contributed by atoms with Crippen LogP contribution in [0.25, 0.3) is 33.1 Å². The van der Waals surface area contributed by atoms with Gasteiger partial charge in [0.15, 0.2) is 0 Å². The van der Waals surface area contributed by atoms with E-state index in [4.69, 9.17) is 9.47 Å².